The van der Waals surface area contributed by atoms with Crippen molar-refractivity contribution in [1.29, 1.82) is 0 Å². The standard InChI is InChI=1S/C12H16O3S/c13-16(14,15)10-5-8-4-9(10)12-7-2-1-6(3-7)11(8)12/h1-2,6-12H,3-5H2,(H,13,14,15). The van der Waals surface area contributed by atoms with Crippen LogP contribution in [0.2, 0.25) is 0 Å². The fraction of sp³-hybridized carbons (Fsp3) is 0.833. The molecule has 88 valence electrons. The molecule has 4 aliphatic rings. The van der Waals surface area contributed by atoms with Crippen LogP contribution in [0, 0.1) is 35.5 Å². The Morgan fingerprint density at radius 1 is 1.00 bits per heavy atom. The van der Waals surface area contributed by atoms with Crippen molar-refractivity contribution >= 4 is 10.1 Å². The number of allylic oxidation sites excluding steroid dienone is 2. The zero-order valence-corrected chi connectivity index (χ0v) is 9.81. The van der Waals surface area contributed by atoms with Crippen molar-refractivity contribution in [2.75, 3.05) is 0 Å². The van der Waals surface area contributed by atoms with E-state index >= 15 is 0 Å². The molecular formula is C12H16O3S. The van der Waals surface area contributed by atoms with Gasteiger partial charge in [0.25, 0.3) is 10.1 Å². The first-order valence-electron chi connectivity index (χ1n) is 6.20. The highest BCUT2D eigenvalue weighted by Gasteiger charge is 2.63. The van der Waals surface area contributed by atoms with Gasteiger partial charge in [0.15, 0.2) is 0 Å². The minimum Gasteiger partial charge on any atom is -0.285 e. The van der Waals surface area contributed by atoms with Crippen LogP contribution in [-0.2, 0) is 10.1 Å². The molecule has 4 rings (SSSR count). The molecule has 7 atom stereocenters. The highest BCUT2D eigenvalue weighted by molar-refractivity contribution is 7.86. The molecule has 0 amide bonds. The maximum absolute atomic E-state index is 11.4. The average Bonchev–Trinajstić information content (AvgIpc) is 2.94. The van der Waals surface area contributed by atoms with Crippen molar-refractivity contribution in [1.82, 2.24) is 0 Å². The van der Waals surface area contributed by atoms with Gasteiger partial charge < -0.3 is 0 Å². The molecule has 0 spiro atoms. The third-order valence-corrected chi connectivity index (χ3v) is 6.90. The van der Waals surface area contributed by atoms with E-state index in [0.717, 1.165) is 12.3 Å². The van der Waals surface area contributed by atoms with Crippen LogP contribution in [0.1, 0.15) is 19.3 Å². The Balaban J connectivity index is 1.73. The van der Waals surface area contributed by atoms with Gasteiger partial charge in [0, 0.05) is 0 Å². The Bertz CT molecular complexity index is 467. The Kier molecular flexibility index (Phi) is 1.64. The van der Waals surface area contributed by atoms with Crippen LogP contribution >= 0.6 is 0 Å². The van der Waals surface area contributed by atoms with E-state index < -0.39 is 15.4 Å². The Morgan fingerprint density at radius 2 is 1.69 bits per heavy atom. The van der Waals surface area contributed by atoms with Gasteiger partial charge in [0.2, 0.25) is 0 Å². The Morgan fingerprint density at radius 3 is 2.38 bits per heavy atom. The summed E-state index contributed by atoms with van der Waals surface area (Å²) in [5.74, 6) is 3.41. The summed E-state index contributed by atoms with van der Waals surface area (Å²) < 4.78 is 32.0. The van der Waals surface area contributed by atoms with Crippen LogP contribution in [0.3, 0.4) is 0 Å². The molecule has 3 saturated carbocycles. The number of rotatable bonds is 1. The molecule has 4 heteroatoms. The second-order valence-electron chi connectivity index (χ2n) is 6.05. The fourth-order valence-electron chi connectivity index (χ4n) is 5.30. The largest absolute Gasteiger partial charge is 0.285 e. The number of hydrogen-bond acceptors (Lipinski definition) is 2. The molecule has 0 aromatic carbocycles. The smallest absolute Gasteiger partial charge is 0.268 e. The average molecular weight is 240 g/mol. The Hall–Kier alpha value is -0.350. The van der Waals surface area contributed by atoms with Gasteiger partial charge in [-0.15, -0.1) is 0 Å². The van der Waals surface area contributed by atoms with Gasteiger partial charge in [0.05, 0.1) is 5.25 Å². The van der Waals surface area contributed by atoms with E-state index in [1.165, 1.54) is 6.42 Å². The molecule has 1 N–H and O–H groups in total. The minimum absolute atomic E-state index is 0.241. The second kappa shape index (κ2) is 2.72. The van der Waals surface area contributed by atoms with Crippen LogP contribution in [0.15, 0.2) is 12.2 Å². The van der Waals surface area contributed by atoms with E-state index in [1.54, 1.807) is 0 Å². The molecule has 0 saturated heterocycles. The number of fused-ring (bicyclic) bond motifs is 9. The third-order valence-electron chi connectivity index (χ3n) is 5.59. The van der Waals surface area contributed by atoms with Crippen molar-refractivity contribution in [2.45, 2.75) is 24.5 Å². The maximum Gasteiger partial charge on any atom is 0.268 e. The summed E-state index contributed by atoms with van der Waals surface area (Å²) in [6.45, 7) is 0. The van der Waals surface area contributed by atoms with Crippen molar-refractivity contribution in [2.24, 2.45) is 35.5 Å². The molecule has 3 nitrogen and oxygen atoms in total. The monoisotopic (exact) mass is 240 g/mol. The Labute approximate surface area is 95.7 Å². The van der Waals surface area contributed by atoms with Gasteiger partial charge >= 0.3 is 0 Å². The normalized spacial score (nSPS) is 57.2. The molecule has 0 heterocycles. The lowest BCUT2D eigenvalue weighted by atomic mass is 9.73. The quantitative estimate of drug-likeness (QED) is 0.431. The fourth-order valence-corrected chi connectivity index (χ4v) is 6.52. The molecule has 4 bridgehead atoms. The lowest BCUT2D eigenvalue weighted by Gasteiger charge is -2.35. The van der Waals surface area contributed by atoms with Crippen molar-refractivity contribution in [3.05, 3.63) is 12.2 Å². The van der Waals surface area contributed by atoms with Gasteiger partial charge in [-0.3, -0.25) is 4.55 Å². The predicted octanol–water partition coefficient (Wildman–Crippen LogP) is 1.72. The van der Waals surface area contributed by atoms with E-state index in [1.807, 2.05) is 0 Å². The summed E-state index contributed by atoms with van der Waals surface area (Å²) >= 11 is 0. The van der Waals surface area contributed by atoms with Crippen molar-refractivity contribution in [3.8, 4) is 0 Å². The van der Waals surface area contributed by atoms with E-state index in [-0.39, 0.29) is 5.92 Å². The van der Waals surface area contributed by atoms with Gasteiger partial charge in [-0.25, -0.2) is 0 Å². The highest BCUT2D eigenvalue weighted by atomic mass is 32.2. The third kappa shape index (κ3) is 1.00. The SMILES string of the molecule is O=S(=O)(O)C1CC2CC1C1C3C=CC(C3)C21. The highest BCUT2D eigenvalue weighted by Crippen LogP contribution is 2.66. The predicted molar refractivity (Wildman–Crippen MR) is 59.3 cm³/mol. The van der Waals surface area contributed by atoms with E-state index in [9.17, 15) is 13.0 Å². The summed E-state index contributed by atoms with van der Waals surface area (Å²) in [5.41, 5.74) is 0. The molecule has 0 radical (unpaired) electrons. The van der Waals surface area contributed by atoms with Crippen LogP contribution < -0.4 is 0 Å². The lowest BCUT2D eigenvalue weighted by Crippen LogP contribution is -2.37. The summed E-state index contributed by atoms with van der Waals surface area (Å²) in [4.78, 5) is 0. The summed E-state index contributed by atoms with van der Waals surface area (Å²) in [6, 6.07) is 0. The van der Waals surface area contributed by atoms with Gasteiger partial charge in [0.1, 0.15) is 0 Å². The van der Waals surface area contributed by atoms with Crippen LogP contribution in [0.5, 0.6) is 0 Å². The van der Waals surface area contributed by atoms with Crippen LogP contribution in [0.25, 0.3) is 0 Å². The molecule has 16 heavy (non-hydrogen) atoms. The first-order chi connectivity index (χ1) is 7.55. The van der Waals surface area contributed by atoms with E-state index in [4.69, 9.17) is 0 Å². The molecule has 3 fully saturated rings. The minimum atomic E-state index is -3.81. The maximum atomic E-state index is 11.4. The lowest BCUT2D eigenvalue weighted by molar-refractivity contribution is 0.204. The first-order valence-corrected chi connectivity index (χ1v) is 7.70. The molecule has 7 unspecified atom stereocenters. The van der Waals surface area contributed by atoms with Crippen molar-refractivity contribution < 1.29 is 13.0 Å². The second-order valence-corrected chi connectivity index (χ2v) is 7.69. The first kappa shape index (κ1) is 9.66. The topological polar surface area (TPSA) is 54.4 Å². The van der Waals surface area contributed by atoms with E-state index in [0.29, 0.717) is 30.1 Å². The summed E-state index contributed by atoms with van der Waals surface area (Å²) in [5, 5.41) is -0.452. The van der Waals surface area contributed by atoms with Crippen LogP contribution in [-0.4, -0.2) is 18.2 Å². The molecule has 4 aliphatic carbocycles. The zero-order valence-electron chi connectivity index (χ0n) is 8.99. The summed E-state index contributed by atoms with van der Waals surface area (Å²) in [6.07, 6.45) is 7.61. The van der Waals surface area contributed by atoms with Gasteiger partial charge in [-0.1, -0.05) is 12.2 Å². The van der Waals surface area contributed by atoms with Gasteiger partial charge in [-0.2, -0.15) is 8.42 Å². The molecular weight excluding hydrogens is 224 g/mol. The molecule has 0 aliphatic heterocycles. The molecule has 0 aromatic heterocycles. The van der Waals surface area contributed by atoms with Crippen molar-refractivity contribution in [3.63, 3.8) is 0 Å². The zero-order chi connectivity index (χ0) is 11.1. The van der Waals surface area contributed by atoms with E-state index in [2.05, 4.69) is 12.2 Å². The summed E-state index contributed by atoms with van der Waals surface area (Å²) in [7, 11) is -3.81. The van der Waals surface area contributed by atoms with Crippen LogP contribution in [0.4, 0.5) is 0 Å². The number of hydrogen-bond donors (Lipinski definition) is 1. The van der Waals surface area contributed by atoms with Gasteiger partial charge in [-0.05, 0) is 54.8 Å². The molecule has 0 aromatic rings.